The molecular weight excluding hydrogens is 398 g/mol. The van der Waals surface area contributed by atoms with Crippen LogP contribution in [0.4, 0.5) is 0 Å². The molecule has 0 rings (SSSR count). The van der Waals surface area contributed by atoms with Gasteiger partial charge in [-0.1, -0.05) is 71.1 Å². The Morgan fingerprint density at radius 1 is 0.839 bits per heavy atom. The summed E-state index contributed by atoms with van der Waals surface area (Å²) in [4.78, 5) is 25.2. The number of hydrogen-bond donors (Lipinski definition) is 2. The molecule has 0 bridgehead atoms. The van der Waals surface area contributed by atoms with Crippen molar-refractivity contribution in [2.75, 3.05) is 33.4 Å². The van der Waals surface area contributed by atoms with E-state index in [9.17, 15) is 19.8 Å². The summed E-state index contributed by atoms with van der Waals surface area (Å²) < 4.78 is 9.96. The fraction of sp³-hybridized carbons (Fsp3) is 0.917. The van der Waals surface area contributed by atoms with Gasteiger partial charge in [-0.05, 0) is 13.3 Å². The average molecular weight is 446 g/mol. The molecule has 184 valence electrons. The number of carbonyl (C=O) groups is 2. The summed E-state index contributed by atoms with van der Waals surface area (Å²) in [5.41, 5.74) is 0. The zero-order valence-corrected chi connectivity index (χ0v) is 20.2. The summed E-state index contributed by atoms with van der Waals surface area (Å²) in [6, 6.07) is -0.538. The average Bonchev–Trinajstić information content (AvgIpc) is 2.75. The van der Waals surface area contributed by atoms with Gasteiger partial charge in [0, 0.05) is 13.1 Å². The van der Waals surface area contributed by atoms with Crippen molar-refractivity contribution in [2.24, 2.45) is 0 Å². The van der Waals surface area contributed by atoms with Crippen molar-refractivity contribution in [1.82, 2.24) is 4.90 Å². The predicted molar refractivity (Wildman–Crippen MR) is 123 cm³/mol. The fourth-order valence-electron chi connectivity index (χ4n) is 3.61. The van der Waals surface area contributed by atoms with E-state index in [0.29, 0.717) is 19.7 Å². The molecule has 0 aromatic carbocycles. The molecule has 0 unspecified atom stereocenters. The monoisotopic (exact) mass is 445 g/mol. The van der Waals surface area contributed by atoms with E-state index in [4.69, 9.17) is 4.74 Å². The lowest BCUT2D eigenvalue weighted by Gasteiger charge is -2.31. The van der Waals surface area contributed by atoms with Crippen molar-refractivity contribution in [1.29, 1.82) is 0 Å². The van der Waals surface area contributed by atoms with E-state index in [2.05, 4.69) is 11.7 Å². The van der Waals surface area contributed by atoms with Crippen molar-refractivity contribution in [3.63, 3.8) is 0 Å². The largest absolute Gasteiger partial charge is 0.469 e. The van der Waals surface area contributed by atoms with Crippen LogP contribution in [-0.4, -0.2) is 72.6 Å². The molecule has 7 nitrogen and oxygen atoms in total. The Bertz CT molecular complexity index is 444. The van der Waals surface area contributed by atoms with E-state index in [1.165, 1.54) is 64.9 Å². The Morgan fingerprint density at radius 2 is 1.32 bits per heavy atom. The van der Waals surface area contributed by atoms with Crippen LogP contribution in [0.25, 0.3) is 0 Å². The van der Waals surface area contributed by atoms with E-state index in [-0.39, 0.29) is 31.4 Å². The molecule has 31 heavy (non-hydrogen) atoms. The molecule has 0 radical (unpaired) electrons. The van der Waals surface area contributed by atoms with Gasteiger partial charge in [0.25, 0.3) is 0 Å². The molecule has 0 fully saturated rings. The minimum atomic E-state index is -0.782. The summed E-state index contributed by atoms with van der Waals surface area (Å²) in [6.45, 7) is 4.60. The number of hydrogen-bond acceptors (Lipinski definition) is 7. The SMILES string of the molecule is CCCCCCCCCCCCCOC(=O)CCN(CCC(=O)OC)[C@H](CO)[C@@H](C)O. The topological polar surface area (TPSA) is 96.3 Å². The van der Waals surface area contributed by atoms with Crippen molar-refractivity contribution in [3.05, 3.63) is 0 Å². The number of carbonyl (C=O) groups excluding carboxylic acids is 2. The third-order valence-corrected chi connectivity index (χ3v) is 5.66. The number of rotatable bonds is 21. The molecule has 0 aliphatic carbocycles. The summed E-state index contributed by atoms with van der Waals surface area (Å²) >= 11 is 0. The number of methoxy groups -OCH3 is 1. The summed E-state index contributed by atoms with van der Waals surface area (Å²) in [6.07, 6.45) is 13.2. The maximum Gasteiger partial charge on any atom is 0.307 e. The smallest absolute Gasteiger partial charge is 0.307 e. The van der Waals surface area contributed by atoms with Gasteiger partial charge in [-0.2, -0.15) is 0 Å². The van der Waals surface area contributed by atoms with E-state index >= 15 is 0 Å². The highest BCUT2D eigenvalue weighted by atomic mass is 16.5. The van der Waals surface area contributed by atoms with Crippen LogP contribution in [0.2, 0.25) is 0 Å². The molecule has 0 spiro atoms. The Morgan fingerprint density at radius 3 is 1.77 bits per heavy atom. The van der Waals surface area contributed by atoms with Gasteiger partial charge in [-0.15, -0.1) is 0 Å². The Labute approximate surface area is 189 Å². The predicted octanol–water partition coefficient (Wildman–Crippen LogP) is 3.84. The van der Waals surface area contributed by atoms with Crippen LogP contribution in [0.3, 0.4) is 0 Å². The molecular formula is C24H47NO6. The van der Waals surface area contributed by atoms with Crippen LogP contribution >= 0.6 is 0 Å². The summed E-state index contributed by atoms with van der Waals surface area (Å²) in [5, 5.41) is 19.4. The van der Waals surface area contributed by atoms with Gasteiger partial charge < -0.3 is 19.7 Å². The summed E-state index contributed by atoms with van der Waals surface area (Å²) in [7, 11) is 1.32. The molecule has 0 aliphatic heterocycles. The quantitative estimate of drug-likeness (QED) is 0.205. The highest BCUT2D eigenvalue weighted by Gasteiger charge is 2.24. The van der Waals surface area contributed by atoms with Gasteiger partial charge >= 0.3 is 11.9 Å². The second-order valence-corrected chi connectivity index (χ2v) is 8.36. The maximum absolute atomic E-state index is 12.0. The molecule has 7 heteroatoms. The zero-order chi connectivity index (χ0) is 23.3. The number of nitrogens with zero attached hydrogens (tertiary/aromatic N) is 1. The minimum Gasteiger partial charge on any atom is -0.469 e. The zero-order valence-electron chi connectivity index (χ0n) is 20.2. The van der Waals surface area contributed by atoms with Crippen LogP contribution in [0.15, 0.2) is 0 Å². The third-order valence-electron chi connectivity index (χ3n) is 5.66. The fourth-order valence-corrected chi connectivity index (χ4v) is 3.61. The van der Waals surface area contributed by atoms with Crippen LogP contribution in [0.5, 0.6) is 0 Å². The second-order valence-electron chi connectivity index (χ2n) is 8.36. The molecule has 0 aromatic heterocycles. The van der Waals surface area contributed by atoms with Gasteiger partial charge in [0.2, 0.25) is 0 Å². The molecule has 0 saturated heterocycles. The van der Waals surface area contributed by atoms with Gasteiger partial charge in [-0.3, -0.25) is 14.5 Å². The number of aliphatic hydroxyl groups excluding tert-OH is 2. The number of ether oxygens (including phenoxy) is 2. The normalized spacial score (nSPS) is 13.2. The van der Waals surface area contributed by atoms with Gasteiger partial charge in [-0.25, -0.2) is 0 Å². The van der Waals surface area contributed by atoms with Crippen molar-refractivity contribution in [3.8, 4) is 0 Å². The van der Waals surface area contributed by atoms with E-state index in [1.807, 2.05) is 0 Å². The molecule has 2 N–H and O–H groups in total. The molecule has 0 saturated carbocycles. The first-order chi connectivity index (χ1) is 15.0. The van der Waals surface area contributed by atoms with Crippen molar-refractivity contribution >= 4 is 11.9 Å². The highest BCUT2D eigenvalue weighted by Crippen LogP contribution is 2.12. The van der Waals surface area contributed by atoms with Crippen LogP contribution < -0.4 is 0 Å². The Hall–Kier alpha value is -1.18. The van der Waals surface area contributed by atoms with Gasteiger partial charge in [0.15, 0.2) is 0 Å². The summed E-state index contributed by atoms with van der Waals surface area (Å²) in [5.74, 6) is -0.663. The first-order valence-electron chi connectivity index (χ1n) is 12.2. The lowest BCUT2D eigenvalue weighted by Crippen LogP contribution is -2.46. The van der Waals surface area contributed by atoms with Crippen LogP contribution in [-0.2, 0) is 19.1 Å². The maximum atomic E-state index is 12.0. The number of esters is 2. The van der Waals surface area contributed by atoms with Crippen molar-refractivity contribution in [2.45, 2.75) is 109 Å². The number of aliphatic hydroxyl groups is 2. The first-order valence-corrected chi connectivity index (χ1v) is 12.2. The Kier molecular flexibility index (Phi) is 19.9. The van der Waals surface area contributed by atoms with Crippen LogP contribution in [0, 0.1) is 0 Å². The van der Waals surface area contributed by atoms with Gasteiger partial charge in [0.05, 0.1) is 45.3 Å². The van der Waals surface area contributed by atoms with Crippen molar-refractivity contribution < 1.29 is 29.3 Å². The lowest BCUT2D eigenvalue weighted by atomic mass is 10.1. The standard InChI is InChI=1S/C24H47NO6/c1-4-5-6-7-8-9-10-11-12-13-14-19-31-24(29)16-18-25(17-15-23(28)30-3)22(20-26)21(2)27/h21-22,26-27H,4-20H2,1-3H3/t21-,22-/m1/s1. The first kappa shape index (κ1) is 29.8. The highest BCUT2D eigenvalue weighted by molar-refractivity contribution is 5.70. The molecule has 0 amide bonds. The second kappa shape index (κ2) is 20.7. The molecule has 2 atom stereocenters. The molecule has 0 heterocycles. The third kappa shape index (κ3) is 17.1. The van der Waals surface area contributed by atoms with Crippen LogP contribution in [0.1, 0.15) is 97.3 Å². The lowest BCUT2D eigenvalue weighted by molar-refractivity contribution is -0.144. The minimum absolute atomic E-state index is 0.132. The number of unbranched alkanes of at least 4 members (excludes halogenated alkanes) is 10. The molecule has 0 aromatic rings. The Balaban J connectivity index is 3.90. The van der Waals surface area contributed by atoms with Gasteiger partial charge in [0.1, 0.15) is 0 Å². The van der Waals surface area contributed by atoms with E-state index < -0.39 is 12.1 Å². The van der Waals surface area contributed by atoms with E-state index in [0.717, 1.165) is 12.8 Å². The van der Waals surface area contributed by atoms with E-state index in [1.54, 1.807) is 11.8 Å². The molecule has 0 aliphatic rings.